The summed E-state index contributed by atoms with van der Waals surface area (Å²) >= 11 is 0. The van der Waals surface area contributed by atoms with E-state index in [1.165, 1.54) is 12.1 Å². The maximum Gasteiger partial charge on any atom is 0.333 e. The highest BCUT2D eigenvalue weighted by atomic mass is 19.1. The maximum atomic E-state index is 13.4. The number of amides is 2. The molecule has 4 rings (SSSR count). The molecule has 2 amide bonds. The lowest BCUT2D eigenvalue weighted by molar-refractivity contribution is 0.231. The normalized spacial score (nSPS) is 13.8. The Morgan fingerprint density at radius 2 is 1.63 bits per heavy atom. The average Bonchev–Trinajstić information content (AvgIpc) is 2.90. The van der Waals surface area contributed by atoms with Crippen LogP contribution in [0.3, 0.4) is 0 Å². The number of halogens is 1. The number of nitrogens with zero attached hydrogens (tertiary/aromatic N) is 3. The number of hydrogen-bond acceptors (Lipinski definition) is 5. The van der Waals surface area contributed by atoms with E-state index in [0.29, 0.717) is 18.8 Å². The van der Waals surface area contributed by atoms with E-state index in [9.17, 15) is 9.18 Å². The molecule has 1 heterocycles. The predicted molar refractivity (Wildman–Crippen MR) is 137 cm³/mol. The minimum atomic E-state index is -0.316. The Kier molecular flexibility index (Phi) is 8.40. The first-order chi connectivity index (χ1) is 17.1. The molecule has 0 spiro atoms. The fourth-order valence-electron chi connectivity index (χ4n) is 4.18. The van der Waals surface area contributed by atoms with Gasteiger partial charge in [-0.1, -0.05) is 42.5 Å². The number of urea groups is 1. The van der Waals surface area contributed by atoms with Gasteiger partial charge in [0.15, 0.2) is 0 Å². The summed E-state index contributed by atoms with van der Waals surface area (Å²) in [6.07, 6.45) is 0. The summed E-state index contributed by atoms with van der Waals surface area (Å²) in [4.78, 5) is 17.3. The van der Waals surface area contributed by atoms with Crippen LogP contribution in [0, 0.1) is 5.82 Å². The molecule has 8 heteroatoms. The fourth-order valence-corrected chi connectivity index (χ4v) is 4.18. The van der Waals surface area contributed by atoms with Crippen molar-refractivity contribution in [3.8, 4) is 5.75 Å². The lowest BCUT2D eigenvalue weighted by Gasteiger charge is -2.36. The molecule has 3 aromatic rings. The Balaban J connectivity index is 1.25. The van der Waals surface area contributed by atoms with Crippen LogP contribution in [0.2, 0.25) is 0 Å². The molecule has 0 aliphatic carbocycles. The van der Waals surface area contributed by atoms with Crippen molar-refractivity contribution in [3.63, 3.8) is 0 Å². The summed E-state index contributed by atoms with van der Waals surface area (Å²) in [5.74, 6) is 0.573. The molecule has 0 unspecified atom stereocenters. The Bertz CT molecular complexity index is 1070. The second-order valence-corrected chi connectivity index (χ2v) is 8.42. The van der Waals surface area contributed by atoms with Crippen LogP contribution in [-0.4, -0.2) is 57.3 Å². The molecule has 3 aromatic carbocycles. The molecule has 0 radical (unpaired) electrons. The lowest BCUT2D eigenvalue weighted by Crippen LogP contribution is -2.51. The van der Waals surface area contributed by atoms with Crippen molar-refractivity contribution >= 4 is 17.4 Å². The number of rotatable bonds is 9. The van der Waals surface area contributed by atoms with Crippen molar-refractivity contribution in [3.05, 3.63) is 90.2 Å². The van der Waals surface area contributed by atoms with Crippen LogP contribution in [0.4, 0.5) is 20.6 Å². The topological polar surface area (TPSA) is 60.1 Å². The summed E-state index contributed by atoms with van der Waals surface area (Å²) in [7, 11) is 1.70. The van der Waals surface area contributed by atoms with Gasteiger partial charge in [0.05, 0.1) is 25.0 Å². The summed E-state index contributed by atoms with van der Waals surface area (Å²) in [5, 5.41) is 4.67. The lowest BCUT2D eigenvalue weighted by atomic mass is 10.2. The number of para-hydroxylation sites is 2. The number of ether oxygens (including phenoxy) is 1. The number of piperazine rings is 1. The molecule has 1 saturated heterocycles. The minimum Gasteiger partial charge on any atom is -0.495 e. The highest BCUT2D eigenvalue weighted by molar-refractivity contribution is 5.76. The van der Waals surface area contributed by atoms with E-state index >= 15 is 0 Å². The number of carbonyl (C=O) groups excluding carboxylic acids is 1. The van der Waals surface area contributed by atoms with Gasteiger partial charge in [-0.05, 0) is 42.0 Å². The molecule has 7 nitrogen and oxygen atoms in total. The van der Waals surface area contributed by atoms with Crippen LogP contribution in [0.25, 0.3) is 0 Å². The molecule has 2 N–H and O–H groups in total. The largest absolute Gasteiger partial charge is 0.495 e. The number of nitrogens with one attached hydrogen (secondary N) is 2. The SMILES string of the molecule is COc1ccccc1N1CCN(CCNC(=O)NN(Cc2ccccc2)c2ccc(F)cc2)CC1. The van der Waals surface area contributed by atoms with Gasteiger partial charge in [0.2, 0.25) is 0 Å². The van der Waals surface area contributed by atoms with Gasteiger partial charge < -0.3 is 15.0 Å². The third kappa shape index (κ3) is 6.86. The molecule has 0 saturated carbocycles. The summed E-state index contributed by atoms with van der Waals surface area (Å²) in [5.41, 5.74) is 5.76. The maximum absolute atomic E-state index is 13.4. The monoisotopic (exact) mass is 477 g/mol. The van der Waals surface area contributed by atoms with E-state index in [0.717, 1.165) is 49.7 Å². The van der Waals surface area contributed by atoms with Gasteiger partial charge in [-0.2, -0.15) is 0 Å². The van der Waals surface area contributed by atoms with Gasteiger partial charge in [0.25, 0.3) is 0 Å². The third-order valence-electron chi connectivity index (χ3n) is 6.07. The number of anilines is 2. The first-order valence-electron chi connectivity index (χ1n) is 11.8. The van der Waals surface area contributed by atoms with Crippen molar-refractivity contribution in [2.75, 3.05) is 56.3 Å². The van der Waals surface area contributed by atoms with E-state index in [1.807, 2.05) is 48.5 Å². The van der Waals surface area contributed by atoms with Gasteiger partial charge in [-0.25, -0.2) is 14.6 Å². The Hall–Kier alpha value is -3.78. The number of hydrazine groups is 1. The molecule has 1 fully saturated rings. The quantitative estimate of drug-likeness (QED) is 0.458. The van der Waals surface area contributed by atoms with E-state index in [-0.39, 0.29) is 11.8 Å². The first kappa shape index (κ1) is 24.3. The van der Waals surface area contributed by atoms with Gasteiger partial charge >= 0.3 is 6.03 Å². The zero-order valence-electron chi connectivity index (χ0n) is 20.0. The van der Waals surface area contributed by atoms with Crippen molar-refractivity contribution in [2.45, 2.75) is 6.54 Å². The van der Waals surface area contributed by atoms with Gasteiger partial charge in [-0.15, -0.1) is 0 Å². The molecule has 0 atom stereocenters. The Labute approximate surface area is 206 Å². The molecule has 35 heavy (non-hydrogen) atoms. The second kappa shape index (κ2) is 12.1. The molecule has 0 bridgehead atoms. The van der Waals surface area contributed by atoms with Gasteiger partial charge in [0.1, 0.15) is 11.6 Å². The van der Waals surface area contributed by atoms with Crippen molar-refractivity contribution in [1.82, 2.24) is 15.6 Å². The molecule has 1 aliphatic heterocycles. The zero-order valence-corrected chi connectivity index (χ0v) is 20.0. The standard InChI is InChI=1S/C27H32FN5O2/c1-35-26-10-6-5-9-25(26)32-19-17-31(18-20-32)16-15-29-27(34)30-33(21-22-7-3-2-4-8-22)24-13-11-23(28)12-14-24/h2-14H,15-21H2,1H3,(H2,29,30,34). The van der Waals surface area contributed by atoms with Crippen LogP contribution in [0.15, 0.2) is 78.9 Å². The Morgan fingerprint density at radius 3 is 2.34 bits per heavy atom. The summed E-state index contributed by atoms with van der Waals surface area (Å²) < 4.78 is 18.9. The molecule has 0 aromatic heterocycles. The molecular formula is C27H32FN5O2. The molecule has 1 aliphatic rings. The van der Waals surface area contributed by atoms with Gasteiger partial charge in [0, 0.05) is 39.3 Å². The van der Waals surface area contributed by atoms with Crippen molar-refractivity contribution in [2.24, 2.45) is 0 Å². The van der Waals surface area contributed by atoms with E-state index in [1.54, 1.807) is 24.3 Å². The predicted octanol–water partition coefficient (Wildman–Crippen LogP) is 3.88. The Morgan fingerprint density at radius 1 is 0.943 bits per heavy atom. The highest BCUT2D eigenvalue weighted by Crippen LogP contribution is 2.28. The summed E-state index contributed by atoms with van der Waals surface area (Å²) in [6.45, 7) is 5.40. The number of carbonyl (C=O) groups is 1. The van der Waals surface area contributed by atoms with E-state index in [2.05, 4.69) is 26.6 Å². The zero-order chi connectivity index (χ0) is 24.5. The van der Waals surface area contributed by atoms with E-state index < -0.39 is 0 Å². The number of methoxy groups -OCH3 is 1. The third-order valence-corrected chi connectivity index (χ3v) is 6.07. The number of benzene rings is 3. The van der Waals surface area contributed by atoms with Crippen LogP contribution in [0.1, 0.15) is 5.56 Å². The van der Waals surface area contributed by atoms with Crippen LogP contribution in [0.5, 0.6) is 5.75 Å². The fraction of sp³-hybridized carbons (Fsp3) is 0.296. The highest BCUT2D eigenvalue weighted by Gasteiger charge is 2.19. The smallest absolute Gasteiger partial charge is 0.333 e. The molecule has 184 valence electrons. The second-order valence-electron chi connectivity index (χ2n) is 8.42. The molecular weight excluding hydrogens is 445 g/mol. The summed E-state index contributed by atoms with van der Waals surface area (Å²) in [6, 6.07) is 23.7. The average molecular weight is 478 g/mol. The van der Waals surface area contributed by atoms with Crippen LogP contribution < -0.4 is 25.4 Å². The first-order valence-corrected chi connectivity index (χ1v) is 11.8. The van der Waals surface area contributed by atoms with Crippen LogP contribution in [-0.2, 0) is 6.54 Å². The van der Waals surface area contributed by atoms with Crippen molar-refractivity contribution < 1.29 is 13.9 Å². The number of hydrogen-bond donors (Lipinski definition) is 2. The van der Waals surface area contributed by atoms with Crippen LogP contribution >= 0.6 is 0 Å². The minimum absolute atomic E-state index is 0.294. The van der Waals surface area contributed by atoms with E-state index in [4.69, 9.17) is 4.74 Å². The van der Waals surface area contributed by atoms with Gasteiger partial charge in [-0.3, -0.25) is 9.91 Å². The van der Waals surface area contributed by atoms with Crippen molar-refractivity contribution in [1.29, 1.82) is 0 Å².